The molecule has 120 valence electrons. The number of hydrogen-bond donors (Lipinski definition) is 3. The number of carbonyl (C=O) groups is 2. The highest BCUT2D eigenvalue weighted by molar-refractivity contribution is 6.04. The maximum absolute atomic E-state index is 12.2. The van der Waals surface area contributed by atoms with Crippen molar-refractivity contribution in [1.29, 1.82) is 0 Å². The van der Waals surface area contributed by atoms with E-state index >= 15 is 0 Å². The van der Waals surface area contributed by atoms with E-state index in [1.807, 2.05) is 13.0 Å². The van der Waals surface area contributed by atoms with Crippen LogP contribution >= 0.6 is 0 Å². The summed E-state index contributed by atoms with van der Waals surface area (Å²) in [6, 6.07) is 10.3. The van der Waals surface area contributed by atoms with Crippen LogP contribution in [-0.2, 0) is 0 Å². The van der Waals surface area contributed by atoms with Crippen molar-refractivity contribution in [3.05, 3.63) is 65.7 Å². The maximum Gasteiger partial charge on any atom is 0.267 e. The molecule has 24 heavy (non-hydrogen) atoms. The molecule has 0 saturated carbocycles. The van der Waals surface area contributed by atoms with Gasteiger partial charge in [-0.2, -0.15) is 0 Å². The molecule has 1 aromatic carbocycles. The molecule has 0 radical (unpaired) electrons. The molecule has 7 nitrogen and oxygen atoms in total. The van der Waals surface area contributed by atoms with Gasteiger partial charge in [-0.25, -0.2) is 9.97 Å². The zero-order chi connectivity index (χ0) is 17.1. The second-order valence-corrected chi connectivity index (χ2v) is 5.24. The molecule has 0 bridgehead atoms. The number of H-pyrrole nitrogens is 1. The summed E-state index contributed by atoms with van der Waals surface area (Å²) < 4.78 is 0. The number of anilines is 1. The van der Waals surface area contributed by atoms with Gasteiger partial charge in [0.2, 0.25) is 0 Å². The van der Waals surface area contributed by atoms with Gasteiger partial charge in [0.25, 0.3) is 11.8 Å². The highest BCUT2D eigenvalue weighted by Crippen LogP contribution is 2.21. The normalized spacial score (nSPS) is 10.4. The summed E-state index contributed by atoms with van der Waals surface area (Å²) >= 11 is 0. The smallest absolute Gasteiger partial charge is 0.267 e. The van der Waals surface area contributed by atoms with Crippen LogP contribution in [0.2, 0.25) is 0 Å². The summed E-state index contributed by atoms with van der Waals surface area (Å²) in [5.74, 6) is -0.372. The van der Waals surface area contributed by atoms with E-state index in [1.165, 1.54) is 6.33 Å². The quantitative estimate of drug-likeness (QED) is 0.683. The lowest BCUT2D eigenvalue weighted by atomic mass is 10.1. The Balaban J connectivity index is 1.79. The standard InChI is InChI=1S/C17H15N5O2/c1-10-2-7-13(19-8-10)22-17(24)12-5-3-11(4-6-12)14-15(16(18)23)21-9-20-14/h2-9H,1H3,(H2,18,23)(H,20,21)(H,19,22,24). The number of imidazole rings is 1. The van der Waals surface area contributed by atoms with E-state index in [0.717, 1.165) is 5.56 Å². The minimum Gasteiger partial charge on any atom is -0.364 e. The molecule has 0 aliphatic rings. The Bertz CT molecular complexity index is 882. The fourth-order valence-corrected chi connectivity index (χ4v) is 2.21. The van der Waals surface area contributed by atoms with E-state index in [1.54, 1.807) is 36.5 Å². The van der Waals surface area contributed by atoms with Gasteiger partial charge in [-0.1, -0.05) is 18.2 Å². The zero-order valence-corrected chi connectivity index (χ0v) is 12.9. The van der Waals surface area contributed by atoms with Crippen LogP contribution in [-0.4, -0.2) is 26.8 Å². The van der Waals surface area contributed by atoms with Crippen molar-refractivity contribution in [2.24, 2.45) is 5.73 Å². The Labute approximate surface area is 138 Å². The number of carbonyl (C=O) groups excluding carboxylic acids is 2. The van der Waals surface area contributed by atoms with Crippen LogP contribution in [0, 0.1) is 6.92 Å². The maximum atomic E-state index is 12.2. The van der Waals surface area contributed by atoms with Crippen LogP contribution in [0.3, 0.4) is 0 Å². The van der Waals surface area contributed by atoms with Gasteiger partial charge in [-0.05, 0) is 30.7 Å². The fraction of sp³-hybridized carbons (Fsp3) is 0.0588. The first kappa shape index (κ1) is 15.4. The van der Waals surface area contributed by atoms with Gasteiger partial charge < -0.3 is 16.0 Å². The van der Waals surface area contributed by atoms with Gasteiger partial charge in [0, 0.05) is 17.3 Å². The third kappa shape index (κ3) is 3.14. The molecule has 2 heterocycles. The molecular weight excluding hydrogens is 306 g/mol. The number of amides is 2. The first-order chi connectivity index (χ1) is 11.5. The van der Waals surface area contributed by atoms with E-state index in [-0.39, 0.29) is 11.6 Å². The second kappa shape index (κ2) is 6.33. The van der Waals surface area contributed by atoms with Gasteiger partial charge >= 0.3 is 0 Å². The fourth-order valence-electron chi connectivity index (χ4n) is 2.21. The SMILES string of the molecule is Cc1ccc(NC(=O)c2ccc(-c3nc[nH]c3C(N)=O)cc2)nc1. The van der Waals surface area contributed by atoms with Crippen LogP contribution in [0.15, 0.2) is 48.9 Å². The van der Waals surface area contributed by atoms with E-state index < -0.39 is 5.91 Å². The van der Waals surface area contributed by atoms with Crippen LogP contribution in [0.5, 0.6) is 0 Å². The highest BCUT2D eigenvalue weighted by Gasteiger charge is 2.14. The lowest BCUT2D eigenvalue weighted by molar-refractivity contribution is 0.0994. The molecule has 7 heteroatoms. The topological polar surface area (TPSA) is 114 Å². The predicted molar refractivity (Wildman–Crippen MR) is 89.5 cm³/mol. The third-order valence-corrected chi connectivity index (χ3v) is 3.46. The number of aromatic nitrogens is 3. The van der Waals surface area contributed by atoms with E-state index in [0.29, 0.717) is 22.6 Å². The van der Waals surface area contributed by atoms with Gasteiger partial charge in [0.05, 0.1) is 6.33 Å². The first-order valence-electron chi connectivity index (χ1n) is 7.22. The van der Waals surface area contributed by atoms with Gasteiger partial charge in [-0.3, -0.25) is 9.59 Å². The lowest BCUT2D eigenvalue weighted by Gasteiger charge is -2.06. The Morgan fingerprint density at radius 2 is 1.83 bits per heavy atom. The lowest BCUT2D eigenvalue weighted by Crippen LogP contribution is -2.13. The number of nitrogens with one attached hydrogen (secondary N) is 2. The summed E-state index contributed by atoms with van der Waals surface area (Å²) in [6.07, 6.45) is 3.08. The zero-order valence-electron chi connectivity index (χ0n) is 12.9. The van der Waals surface area contributed by atoms with Crippen molar-refractivity contribution in [2.75, 3.05) is 5.32 Å². The van der Waals surface area contributed by atoms with Crippen LogP contribution in [0.1, 0.15) is 26.4 Å². The monoisotopic (exact) mass is 321 g/mol. The molecule has 0 aliphatic heterocycles. The Morgan fingerprint density at radius 3 is 2.46 bits per heavy atom. The first-order valence-corrected chi connectivity index (χ1v) is 7.22. The number of aromatic amines is 1. The molecule has 0 fully saturated rings. The van der Waals surface area contributed by atoms with E-state index in [4.69, 9.17) is 5.73 Å². The number of benzene rings is 1. The largest absolute Gasteiger partial charge is 0.364 e. The molecule has 0 saturated heterocycles. The molecular formula is C17H15N5O2. The molecule has 4 N–H and O–H groups in total. The van der Waals surface area contributed by atoms with Crippen molar-refractivity contribution in [3.8, 4) is 11.3 Å². The Hall–Kier alpha value is -3.48. The second-order valence-electron chi connectivity index (χ2n) is 5.24. The van der Waals surface area contributed by atoms with Crippen LogP contribution < -0.4 is 11.1 Å². The number of pyridine rings is 1. The number of nitrogens with zero attached hydrogens (tertiary/aromatic N) is 2. The molecule has 2 amide bonds. The summed E-state index contributed by atoms with van der Waals surface area (Å²) in [5, 5.41) is 2.72. The molecule has 0 aliphatic carbocycles. The number of rotatable bonds is 4. The van der Waals surface area contributed by atoms with Crippen molar-refractivity contribution < 1.29 is 9.59 Å². The van der Waals surface area contributed by atoms with Crippen LogP contribution in [0.25, 0.3) is 11.3 Å². The number of primary amides is 1. The van der Waals surface area contributed by atoms with Crippen molar-refractivity contribution in [1.82, 2.24) is 15.0 Å². The number of nitrogens with two attached hydrogens (primary N) is 1. The summed E-state index contributed by atoms with van der Waals surface area (Å²) in [4.78, 5) is 34.5. The summed E-state index contributed by atoms with van der Waals surface area (Å²) in [7, 11) is 0. The number of aryl methyl sites for hydroxylation is 1. The summed E-state index contributed by atoms with van der Waals surface area (Å²) in [6.45, 7) is 1.92. The molecule has 0 atom stereocenters. The van der Waals surface area contributed by atoms with Crippen molar-refractivity contribution >= 4 is 17.6 Å². The van der Waals surface area contributed by atoms with Crippen molar-refractivity contribution in [2.45, 2.75) is 6.92 Å². The minimum absolute atomic E-state index is 0.232. The molecule has 0 unspecified atom stereocenters. The predicted octanol–water partition coefficient (Wildman–Crippen LogP) is 2.13. The van der Waals surface area contributed by atoms with Crippen LogP contribution in [0.4, 0.5) is 5.82 Å². The number of hydrogen-bond acceptors (Lipinski definition) is 4. The van der Waals surface area contributed by atoms with Gasteiger partial charge in [-0.15, -0.1) is 0 Å². The summed E-state index contributed by atoms with van der Waals surface area (Å²) in [5.41, 5.74) is 8.15. The average Bonchev–Trinajstić information content (AvgIpc) is 3.07. The molecule has 0 spiro atoms. The Kier molecular flexibility index (Phi) is 4.07. The molecule has 2 aromatic heterocycles. The van der Waals surface area contributed by atoms with E-state index in [9.17, 15) is 9.59 Å². The van der Waals surface area contributed by atoms with Crippen molar-refractivity contribution in [3.63, 3.8) is 0 Å². The van der Waals surface area contributed by atoms with Gasteiger partial charge in [0.1, 0.15) is 17.2 Å². The Morgan fingerprint density at radius 1 is 1.08 bits per heavy atom. The third-order valence-electron chi connectivity index (χ3n) is 3.46. The average molecular weight is 321 g/mol. The molecule has 3 rings (SSSR count). The molecule has 3 aromatic rings. The minimum atomic E-state index is -0.588. The van der Waals surface area contributed by atoms with E-state index in [2.05, 4.69) is 20.3 Å². The van der Waals surface area contributed by atoms with Gasteiger partial charge in [0.15, 0.2) is 0 Å². The highest BCUT2D eigenvalue weighted by atomic mass is 16.2.